The average molecular weight is 564 g/mol. The quantitative estimate of drug-likeness (QED) is 0.210. The lowest BCUT2D eigenvalue weighted by atomic mass is 10.0. The molecule has 2 aromatic carbocycles. The number of carbonyl (C=O) groups is 2. The first-order valence-corrected chi connectivity index (χ1v) is 12.4. The van der Waals surface area contributed by atoms with Gasteiger partial charge in [-0.05, 0) is 53.9 Å². The predicted octanol–water partition coefficient (Wildman–Crippen LogP) is 5.65. The van der Waals surface area contributed by atoms with Crippen molar-refractivity contribution in [1.82, 2.24) is 19.7 Å². The van der Waals surface area contributed by atoms with Crippen LogP contribution >= 0.6 is 35.1 Å². The van der Waals surface area contributed by atoms with Gasteiger partial charge in [0.1, 0.15) is 23.6 Å². The first-order chi connectivity index (χ1) is 17.8. The number of rotatable bonds is 10. The highest BCUT2D eigenvalue weighted by molar-refractivity contribution is 8.00. The Morgan fingerprint density at radius 3 is 2.68 bits per heavy atom. The molecule has 0 radical (unpaired) electrons. The van der Waals surface area contributed by atoms with Crippen molar-refractivity contribution in [3.63, 3.8) is 0 Å². The Bertz CT molecular complexity index is 1440. The van der Waals surface area contributed by atoms with Crippen LogP contribution in [0.2, 0.25) is 5.02 Å². The third-order valence-corrected chi connectivity index (χ3v) is 6.46. The molecule has 0 aliphatic heterocycles. The largest absolute Gasteiger partial charge is 0.481 e. The van der Waals surface area contributed by atoms with Crippen LogP contribution in [0.4, 0.5) is 13.9 Å². The molecule has 14 heteroatoms. The lowest BCUT2D eigenvalue weighted by molar-refractivity contribution is -0.136. The molecule has 190 valence electrons. The molecule has 0 fully saturated rings. The summed E-state index contributed by atoms with van der Waals surface area (Å²) >= 11 is 8.07. The number of halogens is 3. The zero-order valence-corrected chi connectivity index (χ0v) is 21.0. The standard InChI is InChI=1S/C23H16ClF2N5O4S2/c24-13-1-2-18(14(8-13)12-3-5-27-17(7-12)22(34)28-6-4-21(32)33)35-19-9-16(26)20(10-15(19)25)36-31-23-29-11-30-37-23/h1-3,5,7-11H,4,6H2,(H,28,34)(H,32,33)(H,29,30,31). The van der Waals surface area contributed by atoms with E-state index in [-0.39, 0.29) is 35.1 Å². The van der Waals surface area contributed by atoms with Crippen LogP contribution in [0.3, 0.4) is 0 Å². The number of nitrogens with one attached hydrogen (secondary N) is 2. The molecule has 3 N–H and O–H groups in total. The fourth-order valence-electron chi connectivity index (χ4n) is 3.01. The van der Waals surface area contributed by atoms with Crippen LogP contribution in [0.1, 0.15) is 16.9 Å². The smallest absolute Gasteiger partial charge is 0.305 e. The van der Waals surface area contributed by atoms with Crippen LogP contribution in [0.25, 0.3) is 11.1 Å². The number of hydrogen-bond acceptors (Lipinski definition) is 9. The molecule has 4 rings (SSSR count). The molecule has 0 aliphatic carbocycles. The maximum atomic E-state index is 14.9. The molecule has 0 bridgehead atoms. The first-order valence-electron chi connectivity index (χ1n) is 10.4. The van der Waals surface area contributed by atoms with Gasteiger partial charge in [-0.3, -0.25) is 14.6 Å². The Balaban J connectivity index is 1.57. The summed E-state index contributed by atoms with van der Waals surface area (Å²) in [6, 6.07) is 9.50. The molecule has 37 heavy (non-hydrogen) atoms. The van der Waals surface area contributed by atoms with E-state index in [0.717, 1.165) is 35.6 Å². The molecule has 0 spiro atoms. The highest BCUT2D eigenvalue weighted by atomic mass is 35.5. The molecule has 2 heterocycles. The lowest BCUT2D eigenvalue weighted by Gasteiger charge is -2.14. The number of carboxylic acids is 1. The summed E-state index contributed by atoms with van der Waals surface area (Å²) in [5.41, 5.74) is 0.881. The van der Waals surface area contributed by atoms with Crippen molar-refractivity contribution < 1.29 is 28.2 Å². The molecule has 0 aliphatic rings. The third-order valence-electron chi connectivity index (χ3n) is 4.69. The van der Waals surface area contributed by atoms with E-state index in [9.17, 15) is 18.4 Å². The van der Waals surface area contributed by atoms with E-state index in [2.05, 4.69) is 24.4 Å². The van der Waals surface area contributed by atoms with Crippen molar-refractivity contribution in [2.24, 2.45) is 0 Å². The summed E-state index contributed by atoms with van der Waals surface area (Å²) in [6.45, 7) is -0.0685. The minimum Gasteiger partial charge on any atom is -0.481 e. The zero-order valence-electron chi connectivity index (χ0n) is 18.6. The van der Waals surface area contributed by atoms with Gasteiger partial charge in [0.25, 0.3) is 5.91 Å². The second-order valence-electron chi connectivity index (χ2n) is 7.24. The molecule has 9 nitrogen and oxygen atoms in total. The van der Waals surface area contributed by atoms with E-state index in [1.165, 1.54) is 30.7 Å². The fraction of sp³-hybridized carbons (Fsp3) is 0.0870. The number of nitrogens with zero attached hydrogens (tertiary/aromatic N) is 3. The second-order valence-corrected chi connectivity index (χ2v) is 9.30. The second kappa shape index (κ2) is 12.0. The number of aliphatic carboxylic acids is 1. The van der Waals surface area contributed by atoms with E-state index in [4.69, 9.17) is 21.4 Å². The van der Waals surface area contributed by atoms with Crippen molar-refractivity contribution in [3.8, 4) is 22.6 Å². The SMILES string of the molecule is O=C(O)CCNC(=O)c1cc(-c2cc(Cl)ccc2Oc2cc(F)c(SNc3ncns3)cc2F)ccn1. The maximum Gasteiger partial charge on any atom is 0.305 e. The topological polar surface area (TPSA) is 126 Å². The van der Waals surface area contributed by atoms with Gasteiger partial charge in [0.15, 0.2) is 11.6 Å². The van der Waals surface area contributed by atoms with Gasteiger partial charge in [-0.2, -0.15) is 4.37 Å². The number of aromatic nitrogens is 3. The summed E-state index contributed by atoms with van der Waals surface area (Å²) in [7, 11) is 0. The average Bonchev–Trinajstić information content (AvgIpc) is 3.40. The molecule has 2 aromatic heterocycles. The predicted molar refractivity (Wildman–Crippen MR) is 135 cm³/mol. The summed E-state index contributed by atoms with van der Waals surface area (Å²) in [6.07, 6.45) is 2.47. The molecule has 1 amide bonds. The van der Waals surface area contributed by atoms with Gasteiger partial charge >= 0.3 is 5.97 Å². The molecule has 0 unspecified atom stereocenters. The summed E-state index contributed by atoms with van der Waals surface area (Å²) < 4.78 is 41.9. The van der Waals surface area contributed by atoms with Gasteiger partial charge in [0, 0.05) is 40.9 Å². The Kier molecular flexibility index (Phi) is 8.48. The number of benzene rings is 2. The number of anilines is 1. The number of carbonyl (C=O) groups excluding carboxylic acids is 1. The zero-order chi connectivity index (χ0) is 26.4. The van der Waals surface area contributed by atoms with Crippen LogP contribution in [-0.2, 0) is 4.79 Å². The molecular formula is C23H16ClF2N5O4S2. The Labute approximate surface area is 222 Å². The minimum absolute atomic E-state index is 0.0101. The minimum atomic E-state index is -1.05. The number of pyridine rings is 1. The number of hydrogen-bond donors (Lipinski definition) is 3. The Morgan fingerprint density at radius 2 is 1.92 bits per heavy atom. The maximum absolute atomic E-state index is 14.9. The van der Waals surface area contributed by atoms with Gasteiger partial charge in [-0.1, -0.05) is 11.6 Å². The molecule has 4 aromatic rings. The van der Waals surface area contributed by atoms with Gasteiger partial charge in [-0.15, -0.1) is 0 Å². The van der Waals surface area contributed by atoms with Crippen LogP contribution in [0.5, 0.6) is 11.5 Å². The van der Waals surface area contributed by atoms with Crippen molar-refractivity contribution in [2.45, 2.75) is 11.3 Å². The van der Waals surface area contributed by atoms with Crippen molar-refractivity contribution >= 4 is 52.1 Å². The monoisotopic (exact) mass is 563 g/mol. The number of amides is 1. The normalized spacial score (nSPS) is 10.7. The molecule has 0 atom stereocenters. The van der Waals surface area contributed by atoms with Crippen molar-refractivity contribution in [3.05, 3.63) is 77.3 Å². The van der Waals surface area contributed by atoms with Crippen molar-refractivity contribution in [2.75, 3.05) is 11.3 Å². The third kappa shape index (κ3) is 6.90. The van der Waals surface area contributed by atoms with E-state index in [0.29, 0.717) is 21.3 Å². The summed E-state index contributed by atoms with van der Waals surface area (Å²) in [5, 5.41) is 12.0. The Hall–Kier alpha value is -3.81. The van der Waals surface area contributed by atoms with E-state index >= 15 is 0 Å². The number of carboxylic acid groups (broad SMARTS) is 1. The molecule has 0 saturated heterocycles. The van der Waals surface area contributed by atoms with E-state index < -0.39 is 23.5 Å². The van der Waals surface area contributed by atoms with E-state index in [1.807, 2.05) is 0 Å². The van der Waals surface area contributed by atoms with Crippen molar-refractivity contribution in [1.29, 1.82) is 0 Å². The molecule has 0 saturated carbocycles. The van der Waals surface area contributed by atoms with Crippen LogP contribution in [-0.4, -0.2) is 37.9 Å². The Morgan fingerprint density at radius 1 is 1.08 bits per heavy atom. The number of ether oxygens (including phenoxy) is 1. The summed E-state index contributed by atoms with van der Waals surface area (Å²) in [5.74, 6) is -3.36. The van der Waals surface area contributed by atoms with Crippen LogP contribution in [0, 0.1) is 11.6 Å². The highest BCUT2D eigenvalue weighted by Gasteiger charge is 2.17. The fourth-order valence-corrected chi connectivity index (χ4v) is 4.32. The van der Waals surface area contributed by atoms with Gasteiger partial charge < -0.3 is 19.9 Å². The van der Waals surface area contributed by atoms with Crippen LogP contribution in [0.15, 0.2) is 59.9 Å². The lowest BCUT2D eigenvalue weighted by Crippen LogP contribution is -2.26. The molecular weight excluding hydrogens is 548 g/mol. The summed E-state index contributed by atoms with van der Waals surface area (Å²) in [4.78, 5) is 30.9. The first kappa shape index (κ1) is 26.3. The van der Waals surface area contributed by atoms with Gasteiger partial charge in [0.05, 0.1) is 11.3 Å². The van der Waals surface area contributed by atoms with Gasteiger partial charge in [0.2, 0.25) is 5.13 Å². The van der Waals surface area contributed by atoms with E-state index in [1.54, 1.807) is 12.1 Å². The highest BCUT2D eigenvalue weighted by Crippen LogP contribution is 2.38. The van der Waals surface area contributed by atoms with Crippen LogP contribution < -0.4 is 14.8 Å². The van der Waals surface area contributed by atoms with Gasteiger partial charge in [-0.25, -0.2) is 13.8 Å².